The van der Waals surface area contributed by atoms with Crippen LogP contribution in [0.15, 0.2) is 0 Å². The van der Waals surface area contributed by atoms with Gasteiger partial charge in [-0.05, 0) is 12.8 Å². The third kappa shape index (κ3) is 24.3. The molecule has 29 heavy (non-hydrogen) atoms. The molecule has 0 amide bonds. The van der Waals surface area contributed by atoms with Gasteiger partial charge in [0.25, 0.3) is 0 Å². The summed E-state index contributed by atoms with van der Waals surface area (Å²) >= 11 is 0. The van der Waals surface area contributed by atoms with E-state index in [1.165, 1.54) is 116 Å². The van der Waals surface area contributed by atoms with Crippen molar-refractivity contribution < 1.29 is 13.6 Å². The molecule has 0 saturated heterocycles. The van der Waals surface area contributed by atoms with Crippen molar-refractivity contribution in [2.75, 3.05) is 19.9 Å². The zero-order chi connectivity index (χ0) is 21.5. The SMILES string of the molecule is CCCCCCCCCCCCOP(C)(=O)OCCCCCCCCCCCC. The van der Waals surface area contributed by atoms with Crippen LogP contribution in [0.4, 0.5) is 0 Å². The molecule has 0 fully saturated rings. The third-order valence-electron chi connectivity index (χ3n) is 5.65. The van der Waals surface area contributed by atoms with E-state index in [-0.39, 0.29) is 0 Å². The molecule has 4 heteroatoms. The van der Waals surface area contributed by atoms with Crippen molar-refractivity contribution in [3.63, 3.8) is 0 Å². The molecule has 0 N–H and O–H groups in total. The summed E-state index contributed by atoms with van der Waals surface area (Å²) in [6, 6.07) is 0. The molecule has 176 valence electrons. The summed E-state index contributed by atoms with van der Waals surface area (Å²) in [6.45, 7) is 7.30. The molecule has 0 aliphatic carbocycles. The smallest absolute Gasteiger partial charge is 0.309 e. The molecule has 0 atom stereocenters. The Labute approximate surface area is 183 Å². The van der Waals surface area contributed by atoms with Gasteiger partial charge in [-0.25, -0.2) is 0 Å². The van der Waals surface area contributed by atoms with Gasteiger partial charge >= 0.3 is 7.60 Å². The van der Waals surface area contributed by atoms with Gasteiger partial charge in [-0.15, -0.1) is 0 Å². The maximum Gasteiger partial charge on any atom is 0.327 e. The van der Waals surface area contributed by atoms with Crippen LogP contribution in [-0.2, 0) is 13.6 Å². The van der Waals surface area contributed by atoms with Crippen LogP contribution in [-0.4, -0.2) is 19.9 Å². The average Bonchev–Trinajstić information content (AvgIpc) is 2.70. The van der Waals surface area contributed by atoms with Gasteiger partial charge in [0.15, 0.2) is 0 Å². The van der Waals surface area contributed by atoms with Gasteiger partial charge in [0.1, 0.15) is 0 Å². The molecule has 0 aromatic carbocycles. The fourth-order valence-corrected chi connectivity index (χ4v) is 4.67. The van der Waals surface area contributed by atoms with Crippen molar-refractivity contribution in [2.45, 2.75) is 142 Å². The maximum atomic E-state index is 12.3. The van der Waals surface area contributed by atoms with Crippen molar-refractivity contribution in [2.24, 2.45) is 0 Å². The Morgan fingerprint density at radius 1 is 0.448 bits per heavy atom. The summed E-state index contributed by atoms with van der Waals surface area (Å²) in [5, 5.41) is 0. The molecule has 3 nitrogen and oxygen atoms in total. The minimum Gasteiger partial charge on any atom is -0.309 e. The standard InChI is InChI=1S/C25H53O3P/c1-4-6-8-10-12-14-16-18-20-22-24-27-29(3,26)28-25-23-21-19-17-15-13-11-9-7-5-2/h4-25H2,1-3H3. The van der Waals surface area contributed by atoms with E-state index in [4.69, 9.17) is 9.05 Å². The van der Waals surface area contributed by atoms with Crippen LogP contribution in [0.2, 0.25) is 0 Å². The molecule has 0 saturated carbocycles. The summed E-state index contributed by atoms with van der Waals surface area (Å²) in [5.74, 6) is 0. The lowest BCUT2D eigenvalue weighted by atomic mass is 10.1. The highest BCUT2D eigenvalue weighted by atomic mass is 31.2. The van der Waals surface area contributed by atoms with E-state index in [0.717, 1.165) is 12.8 Å². The molecular formula is C25H53O3P. The highest BCUT2D eigenvalue weighted by molar-refractivity contribution is 7.52. The Morgan fingerprint density at radius 2 is 0.690 bits per heavy atom. The zero-order valence-electron chi connectivity index (χ0n) is 20.2. The van der Waals surface area contributed by atoms with Crippen LogP contribution in [0, 0.1) is 0 Å². The van der Waals surface area contributed by atoms with Gasteiger partial charge in [0.2, 0.25) is 0 Å². The monoisotopic (exact) mass is 432 g/mol. The van der Waals surface area contributed by atoms with Gasteiger partial charge in [0, 0.05) is 6.66 Å². The summed E-state index contributed by atoms with van der Waals surface area (Å²) in [6.07, 6.45) is 26.0. The first-order valence-corrected chi connectivity index (χ1v) is 15.0. The Bertz CT molecular complexity index is 330. The van der Waals surface area contributed by atoms with Crippen LogP contribution in [0.25, 0.3) is 0 Å². The fraction of sp³-hybridized carbons (Fsp3) is 1.00. The quantitative estimate of drug-likeness (QED) is 0.112. The van der Waals surface area contributed by atoms with E-state index < -0.39 is 7.60 Å². The van der Waals surface area contributed by atoms with Crippen LogP contribution >= 0.6 is 7.60 Å². The lowest BCUT2D eigenvalue weighted by molar-refractivity contribution is 0.202. The maximum absolute atomic E-state index is 12.3. The number of unbranched alkanes of at least 4 members (excludes halogenated alkanes) is 18. The summed E-state index contributed by atoms with van der Waals surface area (Å²) in [4.78, 5) is 0. The van der Waals surface area contributed by atoms with E-state index in [1.807, 2.05) is 0 Å². The first-order chi connectivity index (χ1) is 14.1. The molecule has 0 bridgehead atoms. The molecule has 0 rings (SSSR count). The first-order valence-electron chi connectivity index (χ1n) is 13.0. The van der Waals surface area contributed by atoms with Gasteiger partial charge < -0.3 is 9.05 Å². The fourth-order valence-electron chi connectivity index (χ4n) is 3.68. The van der Waals surface area contributed by atoms with Crippen molar-refractivity contribution >= 4 is 7.60 Å². The second-order valence-corrected chi connectivity index (χ2v) is 10.9. The number of hydrogen-bond donors (Lipinski definition) is 0. The summed E-state index contributed by atoms with van der Waals surface area (Å²) in [7, 11) is -2.85. The molecule has 0 spiro atoms. The molecule has 0 radical (unpaired) electrons. The van der Waals surface area contributed by atoms with Gasteiger partial charge in [-0.1, -0.05) is 129 Å². The minimum absolute atomic E-state index is 0.572. The normalized spacial score (nSPS) is 12.0. The second kappa shape index (κ2) is 22.8. The number of hydrogen-bond acceptors (Lipinski definition) is 3. The van der Waals surface area contributed by atoms with Crippen LogP contribution < -0.4 is 0 Å². The molecule has 0 aliphatic heterocycles. The average molecular weight is 433 g/mol. The van der Waals surface area contributed by atoms with Crippen molar-refractivity contribution in [1.82, 2.24) is 0 Å². The van der Waals surface area contributed by atoms with E-state index in [1.54, 1.807) is 6.66 Å². The largest absolute Gasteiger partial charge is 0.327 e. The van der Waals surface area contributed by atoms with Gasteiger partial charge in [-0.3, -0.25) is 4.57 Å². The van der Waals surface area contributed by atoms with E-state index >= 15 is 0 Å². The Kier molecular flexibility index (Phi) is 22.9. The van der Waals surface area contributed by atoms with E-state index in [2.05, 4.69) is 13.8 Å². The van der Waals surface area contributed by atoms with Crippen molar-refractivity contribution in [3.05, 3.63) is 0 Å². The minimum atomic E-state index is -2.85. The topological polar surface area (TPSA) is 35.5 Å². The molecular weight excluding hydrogens is 379 g/mol. The predicted molar refractivity (Wildman–Crippen MR) is 129 cm³/mol. The van der Waals surface area contributed by atoms with Gasteiger partial charge in [0.05, 0.1) is 13.2 Å². The highest BCUT2D eigenvalue weighted by Crippen LogP contribution is 2.44. The zero-order valence-corrected chi connectivity index (χ0v) is 21.1. The highest BCUT2D eigenvalue weighted by Gasteiger charge is 2.15. The molecule has 0 aliphatic rings. The molecule has 0 unspecified atom stereocenters. The lowest BCUT2D eigenvalue weighted by Crippen LogP contribution is -1.98. The van der Waals surface area contributed by atoms with E-state index in [9.17, 15) is 4.57 Å². The van der Waals surface area contributed by atoms with Crippen molar-refractivity contribution in [1.29, 1.82) is 0 Å². The summed E-state index contributed by atoms with van der Waals surface area (Å²) in [5.41, 5.74) is 0. The summed E-state index contributed by atoms with van der Waals surface area (Å²) < 4.78 is 23.3. The van der Waals surface area contributed by atoms with Gasteiger partial charge in [-0.2, -0.15) is 0 Å². The molecule has 0 aromatic rings. The first kappa shape index (κ1) is 29.1. The Balaban J connectivity index is 3.31. The molecule has 0 heterocycles. The number of rotatable bonds is 24. The predicted octanol–water partition coefficient (Wildman–Crippen LogP) is 9.68. The van der Waals surface area contributed by atoms with Crippen LogP contribution in [0.3, 0.4) is 0 Å². The van der Waals surface area contributed by atoms with E-state index in [0.29, 0.717) is 13.2 Å². The van der Waals surface area contributed by atoms with Crippen LogP contribution in [0.5, 0.6) is 0 Å². The Hall–Kier alpha value is 0.150. The molecule has 0 aromatic heterocycles. The van der Waals surface area contributed by atoms with Crippen LogP contribution in [0.1, 0.15) is 142 Å². The third-order valence-corrected chi connectivity index (χ3v) is 6.95. The lowest BCUT2D eigenvalue weighted by Gasteiger charge is -2.14. The van der Waals surface area contributed by atoms with Crippen molar-refractivity contribution in [3.8, 4) is 0 Å². The second-order valence-electron chi connectivity index (χ2n) is 8.80. The Morgan fingerprint density at radius 3 is 0.966 bits per heavy atom.